The number of anilines is 1. The van der Waals surface area contributed by atoms with E-state index in [9.17, 15) is 9.59 Å². The molecule has 1 aromatic rings. The molecule has 0 bridgehead atoms. The average molecular weight is 338 g/mol. The van der Waals surface area contributed by atoms with Gasteiger partial charge < -0.3 is 11.1 Å². The summed E-state index contributed by atoms with van der Waals surface area (Å²) in [5.74, 6) is 1.07. The Labute approximate surface area is 143 Å². The van der Waals surface area contributed by atoms with Gasteiger partial charge in [0.25, 0.3) is 0 Å². The first-order valence-corrected chi connectivity index (χ1v) is 7.92. The first kappa shape index (κ1) is 17.9. The van der Waals surface area contributed by atoms with Crippen molar-refractivity contribution < 1.29 is 9.59 Å². The summed E-state index contributed by atoms with van der Waals surface area (Å²) in [6.45, 7) is 3.74. The third kappa shape index (κ3) is 3.91. The first-order valence-electron chi connectivity index (χ1n) is 7.92. The van der Waals surface area contributed by atoms with Crippen molar-refractivity contribution in [2.24, 2.45) is 17.6 Å². The van der Waals surface area contributed by atoms with Crippen molar-refractivity contribution >= 4 is 29.8 Å². The largest absolute Gasteiger partial charge is 0.327 e. The molecule has 0 radical (unpaired) electrons. The Balaban J connectivity index is 0.00000192. The first-order chi connectivity index (χ1) is 10.5. The Bertz CT molecular complexity index is 593. The molecule has 3 rings (SSSR count). The second-order valence-corrected chi connectivity index (χ2v) is 6.51. The van der Waals surface area contributed by atoms with Crippen molar-refractivity contribution in [1.29, 1.82) is 0 Å². The minimum atomic E-state index is -0.0674. The molecule has 0 spiro atoms. The Morgan fingerprint density at radius 3 is 2.70 bits per heavy atom. The van der Waals surface area contributed by atoms with Crippen LogP contribution < -0.4 is 11.1 Å². The number of hydrogen-bond acceptors (Lipinski definition) is 4. The van der Waals surface area contributed by atoms with Crippen LogP contribution in [0.2, 0.25) is 0 Å². The molecule has 2 fully saturated rings. The van der Waals surface area contributed by atoms with Gasteiger partial charge in [0.1, 0.15) is 0 Å². The zero-order valence-electron chi connectivity index (χ0n) is 13.3. The summed E-state index contributed by atoms with van der Waals surface area (Å²) in [5, 5.41) is 2.86. The molecular weight excluding hydrogens is 314 g/mol. The van der Waals surface area contributed by atoms with Crippen LogP contribution in [0.3, 0.4) is 0 Å². The van der Waals surface area contributed by atoms with Gasteiger partial charge in [-0.25, -0.2) is 0 Å². The quantitative estimate of drug-likeness (QED) is 0.823. The molecule has 1 aliphatic carbocycles. The van der Waals surface area contributed by atoms with E-state index in [1.165, 1.54) is 13.3 Å². The van der Waals surface area contributed by atoms with E-state index in [0.29, 0.717) is 29.6 Å². The molecule has 0 aromatic heterocycles. The van der Waals surface area contributed by atoms with Crippen molar-refractivity contribution in [1.82, 2.24) is 4.90 Å². The van der Waals surface area contributed by atoms with Crippen LogP contribution in [0.5, 0.6) is 0 Å². The lowest BCUT2D eigenvalue weighted by Gasteiger charge is -2.18. The van der Waals surface area contributed by atoms with Crippen LogP contribution in [0.4, 0.5) is 5.69 Å². The van der Waals surface area contributed by atoms with Crippen LogP contribution in [0.15, 0.2) is 24.3 Å². The van der Waals surface area contributed by atoms with Crippen molar-refractivity contribution in [3.8, 4) is 0 Å². The Morgan fingerprint density at radius 1 is 1.26 bits per heavy atom. The zero-order chi connectivity index (χ0) is 15.7. The van der Waals surface area contributed by atoms with E-state index < -0.39 is 0 Å². The Morgan fingerprint density at radius 2 is 2.00 bits per heavy atom. The third-order valence-electron chi connectivity index (χ3n) is 4.94. The second kappa shape index (κ2) is 7.43. The van der Waals surface area contributed by atoms with Crippen LogP contribution >= 0.6 is 12.4 Å². The normalized spacial score (nSPS) is 26.4. The molecule has 23 heavy (non-hydrogen) atoms. The summed E-state index contributed by atoms with van der Waals surface area (Å²) in [5.41, 5.74) is 7.27. The number of fused-ring (bicyclic) bond motifs is 1. The SMILES string of the molecule is CC(=O)c1ccccc1NC(=O)CN1CC2CCC(N)C2C1.Cl. The molecule has 126 valence electrons. The molecular formula is C17H24ClN3O2. The van der Waals surface area contributed by atoms with E-state index in [1.807, 2.05) is 6.07 Å². The maximum Gasteiger partial charge on any atom is 0.238 e. The smallest absolute Gasteiger partial charge is 0.238 e. The van der Waals surface area contributed by atoms with Crippen molar-refractivity contribution in [3.63, 3.8) is 0 Å². The van der Waals surface area contributed by atoms with Crippen LogP contribution in [0.25, 0.3) is 0 Å². The fourth-order valence-electron chi connectivity index (χ4n) is 3.82. The van der Waals surface area contributed by atoms with E-state index in [4.69, 9.17) is 5.73 Å². The number of nitrogens with two attached hydrogens (primary N) is 1. The summed E-state index contributed by atoms with van der Waals surface area (Å²) in [6, 6.07) is 7.41. The standard InChI is InChI=1S/C17H23N3O2.ClH/c1-11(21)13-4-2-3-5-16(13)19-17(22)10-20-8-12-6-7-15(18)14(12)9-20;/h2-5,12,14-15H,6-10,18H2,1H3,(H,19,22);1H. The number of benzene rings is 1. The number of nitrogens with one attached hydrogen (secondary N) is 1. The lowest BCUT2D eigenvalue weighted by Crippen LogP contribution is -2.35. The second-order valence-electron chi connectivity index (χ2n) is 6.51. The van der Waals surface area contributed by atoms with Gasteiger partial charge in [-0.3, -0.25) is 14.5 Å². The summed E-state index contributed by atoms with van der Waals surface area (Å²) in [4.78, 5) is 26.0. The van der Waals surface area contributed by atoms with Crippen LogP contribution in [0.1, 0.15) is 30.1 Å². The number of carbonyl (C=O) groups is 2. The number of ketones is 1. The minimum absolute atomic E-state index is 0. The van der Waals surface area contributed by atoms with E-state index in [0.717, 1.165) is 19.5 Å². The molecule has 5 nitrogen and oxygen atoms in total. The molecule has 1 aliphatic heterocycles. The minimum Gasteiger partial charge on any atom is -0.327 e. The van der Waals surface area contributed by atoms with Crippen molar-refractivity contribution in [3.05, 3.63) is 29.8 Å². The lowest BCUT2D eigenvalue weighted by atomic mass is 9.98. The average Bonchev–Trinajstić information content (AvgIpc) is 3.01. The number of Topliss-reactive ketones (excluding diaryl/α,β-unsaturated/α-hetero) is 1. The summed E-state index contributed by atoms with van der Waals surface area (Å²) >= 11 is 0. The fourth-order valence-corrected chi connectivity index (χ4v) is 3.82. The lowest BCUT2D eigenvalue weighted by molar-refractivity contribution is -0.117. The van der Waals surface area contributed by atoms with Gasteiger partial charge in [0, 0.05) is 24.7 Å². The summed E-state index contributed by atoms with van der Waals surface area (Å²) < 4.78 is 0. The molecule has 2 aliphatic rings. The predicted octanol–water partition coefficient (Wildman–Crippen LogP) is 1.92. The maximum absolute atomic E-state index is 12.2. The highest BCUT2D eigenvalue weighted by Gasteiger charge is 2.41. The van der Waals surface area contributed by atoms with Gasteiger partial charge in [-0.1, -0.05) is 12.1 Å². The maximum atomic E-state index is 12.2. The van der Waals surface area contributed by atoms with Gasteiger partial charge in [-0.05, 0) is 43.7 Å². The van der Waals surface area contributed by atoms with Gasteiger partial charge in [-0.2, -0.15) is 0 Å². The van der Waals surface area contributed by atoms with Crippen LogP contribution in [-0.2, 0) is 4.79 Å². The molecule has 3 N–H and O–H groups in total. The van der Waals surface area contributed by atoms with Gasteiger partial charge in [-0.15, -0.1) is 12.4 Å². The predicted molar refractivity (Wildman–Crippen MR) is 93.0 cm³/mol. The fraction of sp³-hybridized carbons (Fsp3) is 0.529. The van der Waals surface area contributed by atoms with Crippen LogP contribution in [0, 0.1) is 11.8 Å². The number of carbonyl (C=O) groups excluding carboxylic acids is 2. The van der Waals surface area contributed by atoms with Gasteiger partial charge in [0.2, 0.25) is 5.91 Å². The molecule has 1 saturated carbocycles. The molecule has 6 heteroatoms. The highest BCUT2D eigenvalue weighted by atomic mass is 35.5. The van der Waals surface area contributed by atoms with E-state index in [2.05, 4.69) is 10.2 Å². The van der Waals surface area contributed by atoms with Gasteiger partial charge in [0.05, 0.1) is 12.2 Å². The Kier molecular flexibility index (Phi) is 5.79. The van der Waals surface area contributed by atoms with Crippen molar-refractivity contribution in [2.75, 3.05) is 25.0 Å². The molecule has 1 amide bonds. The monoisotopic (exact) mass is 337 g/mol. The topological polar surface area (TPSA) is 75.4 Å². The molecule has 1 saturated heterocycles. The van der Waals surface area contributed by atoms with E-state index in [1.54, 1.807) is 18.2 Å². The Hall–Kier alpha value is -1.43. The van der Waals surface area contributed by atoms with E-state index >= 15 is 0 Å². The van der Waals surface area contributed by atoms with Gasteiger partial charge >= 0.3 is 0 Å². The molecule has 3 atom stereocenters. The van der Waals surface area contributed by atoms with E-state index in [-0.39, 0.29) is 30.1 Å². The number of amides is 1. The van der Waals surface area contributed by atoms with Crippen molar-refractivity contribution in [2.45, 2.75) is 25.8 Å². The highest BCUT2D eigenvalue weighted by Crippen LogP contribution is 2.36. The zero-order valence-corrected chi connectivity index (χ0v) is 14.1. The third-order valence-corrected chi connectivity index (χ3v) is 4.94. The molecule has 1 aromatic carbocycles. The number of likely N-dealkylation sites (tertiary alicyclic amines) is 1. The number of nitrogens with zero attached hydrogens (tertiary/aromatic N) is 1. The highest BCUT2D eigenvalue weighted by molar-refractivity contribution is 6.04. The number of hydrogen-bond donors (Lipinski definition) is 2. The number of rotatable bonds is 4. The molecule has 3 unspecified atom stereocenters. The van der Waals surface area contributed by atoms with Gasteiger partial charge in [0.15, 0.2) is 5.78 Å². The number of halogens is 1. The summed E-state index contributed by atoms with van der Waals surface area (Å²) in [6.07, 6.45) is 2.29. The summed E-state index contributed by atoms with van der Waals surface area (Å²) in [7, 11) is 0. The number of para-hydroxylation sites is 1. The molecule has 1 heterocycles. The van der Waals surface area contributed by atoms with Crippen LogP contribution in [-0.4, -0.2) is 42.3 Å².